The fourth-order valence-corrected chi connectivity index (χ4v) is 2.99. The molecule has 2 nitrogen and oxygen atoms in total. The molecule has 2 heteroatoms. The lowest BCUT2D eigenvalue weighted by molar-refractivity contribution is -0.147. The van der Waals surface area contributed by atoms with E-state index in [2.05, 4.69) is 27.4 Å². The number of ether oxygens (including phenoxy) is 2. The number of allylic oxidation sites excluding steroid dienone is 2. The van der Waals surface area contributed by atoms with Crippen molar-refractivity contribution in [3.63, 3.8) is 0 Å². The fraction of sp³-hybridized carbons (Fsp3) is 0.733. The van der Waals surface area contributed by atoms with Gasteiger partial charge in [-0.2, -0.15) is 0 Å². The molecule has 0 spiro atoms. The molecule has 0 aromatic rings. The Morgan fingerprint density at radius 2 is 2.24 bits per heavy atom. The van der Waals surface area contributed by atoms with Crippen molar-refractivity contribution < 1.29 is 9.47 Å². The van der Waals surface area contributed by atoms with Gasteiger partial charge in [0.25, 0.3) is 0 Å². The first-order chi connectivity index (χ1) is 8.02. The van der Waals surface area contributed by atoms with Crippen LogP contribution in [-0.4, -0.2) is 25.4 Å². The van der Waals surface area contributed by atoms with Gasteiger partial charge in [-0.3, -0.25) is 0 Å². The zero-order valence-corrected chi connectivity index (χ0v) is 11.3. The summed E-state index contributed by atoms with van der Waals surface area (Å²) in [5.74, 6) is 0.567. The van der Waals surface area contributed by atoms with Gasteiger partial charge in [0, 0.05) is 12.3 Å². The molecule has 1 saturated heterocycles. The van der Waals surface area contributed by atoms with Crippen LogP contribution in [0.2, 0.25) is 0 Å². The van der Waals surface area contributed by atoms with E-state index < -0.39 is 0 Å². The molecule has 2 atom stereocenters. The zero-order valence-electron chi connectivity index (χ0n) is 11.3. The maximum atomic E-state index is 5.91. The second-order valence-corrected chi connectivity index (χ2v) is 5.77. The molecule has 0 amide bonds. The molecule has 0 saturated carbocycles. The molecule has 96 valence electrons. The van der Waals surface area contributed by atoms with Gasteiger partial charge in [-0.1, -0.05) is 23.3 Å². The van der Waals surface area contributed by atoms with Crippen molar-refractivity contribution in [3.8, 4) is 0 Å². The number of hydrogen-bond donors (Lipinski definition) is 0. The lowest BCUT2D eigenvalue weighted by atomic mass is 9.86. The molecule has 1 heterocycles. The first-order valence-corrected chi connectivity index (χ1v) is 6.57. The Balaban J connectivity index is 2.10. The highest BCUT2D eigenvalue weighted by molar-refractivity contribution is 5.29. The third-order valence-corrected chi connectivity index (χ3v) is 4.02. The van der Waals surface area contributed by atoms with Crippen LogP contribution in [0, 0.1) is 5.92 Å². The summed E-state index contributed by atoms with van der Waals surface area (Å²) in [5, 5.41) is 0. The lowest BCUT2D eigenvalue weighted by Crippen LogP contribution is -2.41. The van der Waals surface area contributed by atoms with E-state index in [4.69, 9.17) is 9.47 Å². The van der Waals surface area contributed by atoms with Crippen LogP contribution in [0.1, 0.15) is 40.0 Å². The van der Waals surface area contributed by atoms with Gasteiger partial charge in [0.15, 0.2) is 0 Å². The summed E-state index contributed by atoms with van der Waals surface area (Å²) in [6, 6.07) is 0. The molecule has 17 heavy (non-hydrogen) atoms. The molecule has 0 bridgehead atoms. The highest BCUT2D eigenvalue weighted by atomic mass is 16.6. The average molecular weight is 236 g/mol. The van der Waals surface area contributed by atoms with Crippen molar-refractivity contribution in [1.29, 1.82) is 0 Å². The van der Waals surface area contributed by atoms with Gasteiger partial charge in [0.05, 0.1) is 25.4 Å². The maximum Gasteiger partial charge on any atom is 0.0925 e. The van der Waals surface area contributed by atoms with Crippen molar-refractivity contribution in [2.24, 2.45) is 5.92 Å². The van der Waals surface area contributed by atoms with E-state index in [0.29, 0.717) is 12.5 Å². The fourth-order valence-electron chi connectivity index (χ4n) is 2.99. The molecule has 0 aromatic heterocycles. The van der Waals surface area contributed by atoms with Gasteiger partial charge in [-0.25, -0.2) is 0 Å². The molecule has 0 radical (unpaired) electrons. The maximum absolute atomic E-state index is 5.91. The second kappa shape index (κ2) is 4.95. The average Bonchev–Trinajstić information content (AvgIpc) is 2.61. The Labute approximate surface area is 105 Å². The minimum Gasteiger partial charge on any atom is -0.376 e. The Morgan fingerprint density at radius 1 is 1.47 bits per heavy atom. The minimum atomic E-state index is -0.132. The van der Waals surface area contributed by atoms with E-state index in [1.54, 1.807) is 5.57 Å². The van der Waals surface area contributed by atoms with E-state index in [1.807, 2.05) is 0 Å². The van der Waals surface area contributed by atoms with Gasteiger partial charge in [-0.15, -0.1) is 0 Å². The Hall–Kier alpha value is -0.600. The van der Waals surface area contributed by atoms with Crippen LogP contribution < -0.4 is 0 Å². The third-order valence-electron chi connectivity index (χ3n) is 4.02. The van der Waals surface area contributed by atoms with Crippen molar-refractivity contribution in [1.82, 2.24) is 0 Å². The van der Waals surface area contributed by atoms with Crippen LogP contribution in [0.15, 0.2) is 23.3 Å². The summed E-state index contributed by atoms with van der Waals surface area (Å²) in [7, 11) is 0. The Bertz CT molecular complexity index is 335. The van der Waals surface area contributed by atoms with E-state index >= 15 is 0 Å². The summed E-state index contributed by atoms with van der Waals surface area (Å²) >= 11 is 0. The molecule has 2 aliphatic rings. The molecule has 2 unspecified atom stereocenters. The second-order valence-electron chi connectivity index (χ2n) is 5.77. The summed E-state index contributed by atoms with van der Waals surface area (Å²) in [6.45, 7) is 12.9. The van der Waals surface area contributed by atoms with Crippen LogP contribution in [0.25, 0.3) is 0 Å². The number of hydrogen-bond acceptors (Lipinski definition) is 2. The monoisotopic (exact) mass is 236 g/mol. The van der Waals surface area contributed by atoms with Crippen molar-refractivity contribution in [2.45, 2.75) is 45.6 Å². The molecule has 1 fully saturated rings. The van der Waals surface area contributed by atoms with Crippen molar-refractivity contribution in [2.75, 3.05) is 19.8 Å². The standard InChI is InChI=1S/C15H24O2/c1-11(2)13-6-5-12(3)14(13)9-15(4)10-16-7-8-17-15/h13H,1,5-10H2,2-4H3. The third kappa shape index (κ3) is 2.80. The normalized spacial score (nSPS) is 34.2. The van der Waals surface area contributed by atoms with E-state index in [1.165, 1.54) is 24.0 Å². The quantitative estimate of drug-likeness (QED) is 0.698. The highest BCUT2D eigenvalue weighted by Gasteiger charge is 2.34. The van der Waals surface area contributed by atoms with Gasteiger partial charge in [0.1, 0.15) is 0 Å². The van der Waals surface area contributed by atoms with Crippen LogP contribution in [-0.2, 0) is 9.47 Å². The molecule has 1 aliphatic carbocycles. The van der Waals surface area contributed by atoms with Crippen molar-refractivity contribution in [3.05, 3.63) is 23.3 Å². The highest BCUT2D eigenvalue weighted by Crippen LogP contribution is 2.41. The summed E-state index contributed by atoms with van der Waals surface area (Å²) < 4.78 is 11.5. The first kappa shape index (κ1) is 12.8. The molecule has 1 aliphatic heterocycles. The zero-order chi connectivity index (χ0) is 12.5. The SMILES string of the molecule is C=C(C)C1CCC(C)=C1CC1(C)COCCO1. The van der Waals surface area contributed by atoms with E-state index in [0.717, 1.165) is 19.6 Å². The lowest BCUT2D eigenvalue weighted by Gasteiger charge is -2.35. The topological polar surface area (TPSA) is 18.5 Å². The Kier molecular flexibility index (Phi) is 3.74. The van der Waals surface area contributed by atoms with Crippen LogP contribution in [0.5, 0.6) is 0 Å². The van der Waals surface area contributed by atoms with Gasteiger partial charge < -0.3 is 9.47 Å². The predicted molar refractivity (Wildman–Crippen MR) is 70.0 cm³/mol. The van der Waals surface area contributed by atoms with Crippen LogP contribution >= 0.6 is 0 Å². The Morgan fingerprint density at radius 3 is 2.82 bits per heavy atom. The predicted octanol–water partition coefficient (Wildman–Crippen LogP) is 3.48. The molecular weight excluding hydrogens is 212 g/mol. The summed E-state index contributed by atoms with van der Waals surface area (Å²) in [5.41, 5.74) is 4.24. The molecule has 0 aromatic carbocycles. The van der Waals surface area contributed by atoms with E-state index in [-0.39, 0.29) is 5.60 Å². The van der Waals surface area contributed by atoms with Crippen LogP contribution in [0.3, 0.4) is 0 Å². The first-order valence-electron chi connectivity index (χ1n) is 6.57. The van der Waals surface area contributed by atoms with Gasteiger partial charge in [-0.05, 0) is 33.6 Å². The molecule has 2 rings (SSSR count). The van der Waals surface area contributed by atoms with Crippen LogP contribution in [0.4, 0.5) is 0 Å². The van der Waals surface area contributed by atoms with Gasteiger partial charge in [0.2, 0.25) is 0 Å². The smallest absolute Gasteiger partial charge is 0.0925 e. The van der Waals surface area contributed by atoms with E-state index in [9.17, 15) is 0 Å². The summed E-state index contributed by atoms with van der Waals surface area (Å²) in [4.78, 5) is 0. The minimum absolute atomic E-state index is 0.132. The molecular formula is C15H24O2. The molecule has 0 N–H and O–H groups in total. The van der Waals surface area contributed by atoms with Gasteiger partial charge >= 0.3 is 0 Å². The van der Waals surface area contributed by atoms with Crippen molar-refractivity contribution >= 4 is 0 Å². The number of rotatable bonds is 3. The summed E-state index contributed by atoms with van der Waals surface area (Å²) in [6.07, 6.45) is 3.44. The largest absolute Gasteiger partial charge is 0.376 e.